The molecule has 2 aliphatic rings. The minimum Gasteiger partial charge on any atom is -0.487 e. The number of amides is 2. The zero-order valence-electron chi connectivity index (χ0n) is 20.2. The number of hydrogen-bond acceptors (Lipinski definition) is 6. The highest BCUT2D eigenvalue weighted by molar-refractivity contribution is 5.94. The Morgan fingerprint density at radius 3 is 2.41 bits per heavy atom. The number of imidazole rings is 1. The number of ether oxygens (including phenoxy) is 3. The third-order valence-electron chi connectivity index (χ3n) is 6.56. The van der Waals surface area contributed by atoms with Gasteiger partial charge in [-0.3, -0.25) is 9.59 Å². The van der Waals surface area contributed by atoms with Gasteiger partial charge in [0.1, 0.15) is 24.6 Å². The molecule has 0 N–H and O–H groups in total. The van der Waals surface area contributed by atoms with Gasteiger partial charge < -0.3 is 28.4 Å². The molecule has 0 radical (unpaired) electrons. The van der Waals surface area contributed by atoms with Gasteiger partial charge in [0, 0.05) is 44.1 Å². The summed E-state index contributed by atoms with van der Waals surface area (Å²) < 4.78 is 19.3. The number of para-hydroxylation sites is 2. The molecule has 2 amide bonds. The van der Waals surface area contributed by atoms with Crippen LogP contribution in [-0.2, 0) is 11.4 Å². The van der Waals surface area contributed by atoms with Crippen LogP contribution in [0.1, 0.15) is 16.1 Å². The van der Waals surface area contributed by atoms with Crippen LogP contribution in [0, 0.1) is 0 Å². The lowest BCUT2D eigenvalue weighted by atomic mass is 10.1. The van der Waals surface area contributed by atoms with E-state index in [1.807, 2.05) is 53.2 Å². The van der Waals surface area contributed by atoms with Crippen molar-refractivity contribution < 1.29 is 23.8 Å². The average molecular weight is 499 g/mol. The molecule has 1 atom stereocenters. The molecule has 188 valence electrons. The highest BCUT2D eigenvalue weighted by atomic mass is 16.6. The number of carbonyl (C=O) groups excluding carboxylic acids is 2. The van der Waals surface area contributed by atoms with Gasteiger partial charge in [0.05, 0.1) is 5.69 Å². The number of benzene rings is 2. The van der Waals surface area contributed by atoms with Crippen molar-refractivity contribution in [1.29, 1.82) is 0 Å². The van der Waals surface area contributed by atoms with Crippen molar-refractivity contribution in [3.63, 3.8) is 0 Å². The molecule has 0 unspecified atom stereocenters. The Morgan fingerprint density at radius 1 is 0.892 bits per heavy atom. The van der Waals surface area contributed by atoms with Crippen LogP contribution < -0.4 is 14.2 Å². The van der Waals surface area contributed by atoms with Crippen LogP contribution in [-0.4, -0.2) is 69.9 Å². The zero-order valence-corrected chi connectivity index (χ0v) is 20.2. The van der Waals surface area contributed by atoms with E-state index in [-0.39, 0.29) is 18.4 Å². The zero-order chi connectivity index (χ0) is 25.2. The predicted molar refractivity (Wildman–Crippen MR) is 135 cm³/mol. The van der Waals surface area contributed by atoms with E-state index in [9.17, 15) is 9.59 Å². The fourth-order valence-electron chi connectivity index (χ4n) is 4.57. The van der Waals surface area contributed by atoms with Crippen LogP contribution in [0.3, 0.4) is 0 Å². The Bertz CT molecular complexity index is 1390. The van der Waals surface area contributed by atoms with Gasteiger partial charge in [-0.2, -0.15) is 0 Å². The molecule has 37 heavy (non-hydrogen) atoms. The number of rotatable bonds is 5. The summed E-state index contributed by atoms with van der Waals surface area (Å²) in [5.41, 5.74) is 2.28. The summed E-state index contributed by atoms with van der Waals surface area (Å²) in [5.74, 6) is 1.71. The summed E-state index contributed by atoms with van der Waals surface area (Å²) in [6, 6.07) is 20.3. The van der Waals surface area contributed by atoms with Gasteiger partial charge >= 0.3 is 0 Å². The number of nitrogens with zero attached hydrogens (tertiary/aromatic N) is 4. The highest BCUT2D eigenvalue weighted by Crippen LogP contribution is 2.31. The molecule has 0 bridgehead atoms. The lowest BCUT2D eigenvalue weighted by Crippen LogP contribution is -2.55. The fourth-order valence-corrected chi connectivity index (χ4v) is 4.57. The Hall–Kier alpha value is -4.53. The van der Waals surface area contributed by atoms with Crippen LogP contribution in [0.4, 0.5) is 0 Å². The monoisotopic (exact) mass is 498 g/mol. The summed E-state index contributed by atoms with van der Waals surface area (Å²) in [6.07, 6.45) is 3.20. The van der Waals surface area contributed by atoms with Gasteiger partial charge in [-0.15, -0.1) is 0 Å². The fraction of sp³-hybridized carbons (Fsp3) is 0.250. The Morgan fingerprint density at radius 2 is 1.62 bits per heavy atom. The summed E-state index contributed by atoms with van der Waals surface area (Å²) in [6.45, 7) is 2.34. The second kappa shape index (κ2) is 9.85. The summed E-state index contributed by atoms with van der Waals surface area (Å²) in [7, 11) is 0. The second-order valence-electron chi connectivity index (χ2n) is 8.99. The molecule has 2 aromatic heterocycles. The third kappa shape index (κ3) is 4.80. The molecule has 2 aliphatic heterocycles. The number of fused-ring (bicyclic) bond motifs is 2. The molecule has 6 rings (SSSR count). The lowest BCUT2D eigenvalue weighted by Gasteiger charge is -2.37. The Kier molecular flexibility index (Phi) is 6.10. The smallest absolute Gasteiger partial charge is 0.267 e. The normalized spacial score (nSPS) is 17.0. The molecule has 4 heterocycles. The first-order valence-electron chi connectivity index (χ1n) is 12.3. The Labute approximate surface area is 213 Å². The van der Waals surface area contributed by atoms with E-state index < -0.39 is 6.10 Å². The molecular weight excluding hydrogens is 472 g/mol. The van der Waals surface area contributed by atoms with Crippen molar-refractivity contribution in [3.8, 4) is 17.2 Å². The minimum absolute atomic E-state index is 0.0647. The largest absolute Gasteiger partial charge is 0.487 e. The maximum atomic E-state index is 13.0. The number of hydrogen-bond donors (Lipinski definition) is 0. The molecule has 0 aliphatic carbocycles. The van der Waals surface area contributed by atoms with E-state index in [0.29, 0.717) is 55.6 Å². The molecule has 9 heteroatoms. The summed E-state index contributed by atoms with van der Waals surface area (Å²) >= 11 is 0. The first-order chi connectivity index (χ1) is 18.1. The van der Waals surface area contributed by atoms with Crippen molar-refractivity contribution >= 4 is 17.5 Å². The van der Waals surface area contributed by atoms with Crippen LogP contribution in [0.25, 0.3) is 5.65 Å². The van der Waals surface area contributed by atoms with E-state index in [0.717, 1.165) is 11.3 Å². The number of carbonyl (C=O) groups is 2. The second-order valence-corrected chi connectivity index (χ2v) is 8.99. The quantitative estimate of drug-likeness (QED) is 0.421. The van der Waals surface area contributed by atoms with Crippen molar-refractivity contribution in [2.45, 2.75) is 12.7 Å². The first-order valence-corrected chi connectivity index (χ1v) is 12.3. The first kappa shape index (κ1) is 22.9. The third-order valence-corrected chi connectivity index (χ3v) is 6.56. The van der Waals surface area contributed by atoms with E-state index >= 15 is 0 Å². The highest BCUT2D eigenvalue weighted by Gasteiger charge is 2.33. The average Bonchev–Trinajstić information content (AvgIpc) is 3.38. The van der Waals surface area contributed by atoms with Gasteiger partial charge in [-0.1, -0.05) is 18.2 Å². The van der Waals surface area contributed by atoms with E-state index in [4.69, 9.17) is 14.2 Å². The number of pyridine rings is 1. The minimum atomic E-state index is -0.676. The van der Waals surface area contributed by atoms with Gasteiger partial charge in [0.25, 0.3) is 11.8 Å². The molecule has 9 nitrogen and oxygen atoms in total. The van der Waals surface area contributed by atoms with Gasteiger partial charge in [0.15, 0.2) is 11.5 Å². The maximum absolute atomic E-state index is 13.0. The summed E-state index contributed by atoms with van der Waals surface area (Å²) in [4.78, 5) is 34.0. The molecular formula is C28H26N4O5. The van der Waals surface area contributed by atoms with Crippen molar-refractivity contribution in [2.75, 3.05) is 32.8 Å². The Balaban J connectivity index is 1.00. The molecule has 0 saturated carbocycles. The van der Waals surface area contributed by atoms with Crippen molar-refractivity contribution in [1.82, 2.24) is 19.2 Å². The topological polar surface area (TPSA) is 85.6 Å². The van der Waals surface area contributed by atoms with Gasteiger partial charge in [-0.05, 0) is 48.5 Å². The number of piperazine rings is 1. The predicted octanol–water partition coefficient (Wildman–Crippen LogP) is 3.04. The van der Waals surface area contributed by atoms with Gasteiger partial charge in [-0.25, -0.2) is 4.98 Å². The van der Waals surface area contributed by atoms with E-state index in [2.05, 4.69) is 4.98 Å². The van der Waals surface area contributed by atoms with Crippen LogP contribution in [0.5, 0.6) is 17.2 Å². The molecule has 4 aromatic rings. The molecule has 1 saturated heterocycles. The number of aromatic nitrogens is 2. The van der Waals surface area contributed by atoms with E-state index in [1.165, 1.54) is 0 Å². The van der Waals surface area contributed by atoms with Gasteiger partial charge in [0.2, 0.25) is 6.10 Å². The van der Waals surface area contributed by atoms with Crippen molar-refractivity contribution in [3.05, 3.63) is 90.4 Å². The van der Waals surface area contributed by atoms with Crippen LogP contribution >= 0.6 is 0 Å². The standard InChI is InChI=1S/C28H26N4O5/c33-27(20-8-10-22(11-9-20)35-18-21-17-32-12-4-3-7-26(32)29-21)30-13-15-31(16-14-30)28(34)25-19-36-23-5-1-2-6-24(23)37-25/h1-12,17,25H,13-16,18-19H2/t25-/m1/s1. The lowest BCUT2D eigenvalue weighted by molar-refractivity contribution is -0.142. The molecule has 1 fully saturated rings. The SMILES string of the molecule is O=C(c1ccc(OCc2cn3ccccc3n2)cc1)N1CCN(C(=O)[C@H]2COc3ccccc3O2)CC1. The van der Waals surface area contributed by atoms with E-state index in [1.54, 1.807) is 40.1 Å². The van der Waals surface area contributed by atoms with Crippen molar-refractivity contribution in [2.24, 2.45) is 0 Å². The maximum Gasteiger partial charge on any atom is 0.267 e. The van der Waals surface area contributed by atoms with Crippen LogP contribution in [0.15, 0.2) is 79.1 Å². The molecule has 2 aromatic carbocycles. The summed E-state index contributed by atoms with van der Waals surface area (Å²) in [5, 5.41) is 0. The van der Waals surface area contributed by atoms with Crippen LogP contribution in [0.2, 0.25) is 0 Å². The molecule has 0 spiro atoms.